The fourth-order valence-electron chi connectivity index (χ4n) is 5.22. The topological polar surface area (TPSA) is 151 Å². The molecule has 0 spiro atoms. The number of nitrogens with one attached hydrogen (secondary N) is 2. The number of H-pyrrole nitrogens is 1. The Balaban J connectivity index is 1.29. The summed E-state index contributed by atoms with van der Waals surface area (Å²) in [6, 6.07) is 12.8. The molecule has 11 nitrogen and oxygen atoms in total. The van der Waals surface area contributed by atoms with E-state index in [9.17, 15) is 23.3 Å². The second-order valence-electron chi connectivity index (χ2n) is 10.0. The molecular weight excluding hydrogens is 532 g/mol. The summed E-state index contributed by atoms with van der Waals surface area (Å²) in [5, 5.41) is 11.0. The van der Waals surface area contributed by atoms with Crippen LogP contribution in [0.4, 0.5) is 5.69 Å². The highest BCUT2D eigenvalue weighted by molar-refractivity contribution is 7.89. The first-order valence-electron chi connectivity index (χ1n) is 13.0. The zero-order chi connectivity index (χ0) is 28.4. The highest BCUT2D eigenvalue weighted by atomic mass is 32.2. The van der Waals surface area contributed by atoms with Gasteiger partial charge in [0, 0.05) is 37.8 Å². The van der Waals surface area contributed by atoms with E-state index in [1.165, 1.54) is 12.1 Å². The van der Waals surface area contributed by atoms with Crippen LogP contribution >= 0.6 is 0 Å². The third kappa shape index (κ3) is 5.73. The number of aromatic amines is 1. The summed E-state index contributed by atoms with van der Waals surface area (Å²) in [7, 11) is -4.05. The van der Waals surface area contributed by atoms with E-state index in [0.29, 0.717) is 18.7 Å². The van der Waals surface area contributed by atoms with Crippen molar-refractivity contribution < 1.29 is 18.1 Å². The molecule has 0 radical (unpaired) electrons. The van der Waals surface area contributed by atoms with E-state index in [1.54, 1.807) is 29.2 Å². The van der Waals surface area contributed by atoms with Gasteiger partial charge in [-0.25, -0.2) is 18.1 Å². The van der Waals surface area contributed by atoms with Crippen LogP contribution in [0.2, 0.25) is 0 Å². The van der Waals surface area contributed by atoms with Gasteiger partial charge in [-0.1, -0.05) is 30.3 Å². The maximum atomic E-state index is 13.4. The summed E-state index contributed by atoms with van der Waals surface area (Å²) in [5.41, 5.74) is 4.30. The number of nitro benzene ring substituents is 1. The van der Waals surface area contributed by atoms with Crippen molar-refractivity contribution in [2.24, 2.45) is 0 Å². The van der Waals surface area contributed by atoms with Crippen LogP contribution < -0.4 is 4.72 Å². The molecule has 3 heterocycles. The molecule has 40 heavy (non-hydrogen) atoms. The van der Waals surface area contributed by atoms with Crippen molar-refractivity contribution in [3.05, 3.63) is 93.6 Å². The van der Waals surface area contributed by atoms with Crippen LogP contribution in [0.3, 0.4) is 0 Å². The quantitative estimate of drug-likeness (QED) is 0.240. The number of carbonyl (C=O) groups excluding carboxylic acids is 1. The van der Waals surface area contributed by atoms with Gasteiger partial charge >= 0.3 is 0 Å². The largest absolute Gasteiger partial charge is 0.343 e. The van der Waals surface area contributed by atoms with Gasteiger partial charge in [0.2, 0.25) is 15.9 Å². The lowest BCUT2D eigenvalue weighted by Crippen LogP contribution is -2.40. The summed E-state index contributed by atoms with van der Waals surface area (Å²) < 4.78 is 29.0. The Morgan fingerprint density at radius 3 is 2.45 bits per heavy atom. The maximum absolute atomic E-state index is 13.4. The normalized spacial score (nSPS) is 15.3. The SMILES string of the molecule is Cc1nc2c(C)ncc(C3CCN(C(=O)CC(NS(=O)(=O)c4ccc([N+](=O)[O-])cc4)c4ccccc4)CC3)c2[nH]1. The van der Waals surface area contributed by atoms with Crippen molar-refractivity contribution >= 4 is 32.7 Å². The first kappa shape index (κ1) is 27.4. The van der Waals surface area contributed by atoms with Gasteiger partial charge < -0.3 is 9.88 Å². The summed E-state index contributed by atoms with van der Waals surface area (Å²) in [4.78, 5) is 37.9. The van der Waals surface area contributed by atoms with Crippen LogP contribution in [0.25, 0.3) is 11.0 Å². The van der Waals surface area contributed by atoms with Crippen molar-refractivity contribution in [2.45, 2.75) is 50.0 Å². The molecule has 1 aliphatic rings. The standard InChI is InChI=1S/C28H30N6O5S/c1-18-27-28(31-19(2)30-27)24(17-29-18)20-12-14-33(15-13-20)26(35)16-25(21-6-4-3-5-7-21)32-40(38,39)23-10-8-22(9-11-23)34(36)37/h3-11,17,20,25,32H,12-16H2,1-2H3,(H,30,31). The highest BCUT2D eigenvalue weighted by Crippen LogP contribution is 2.33. The van der Waals surface area contributed by atoms with Gasteiger partial charge in [0.05, 0.1) is 27.1 Å². The Labute approximate surface area is 231 Å². The van der Waals surface area contributed by atoms with Gasteiger partial charge in [-0.15, -0.1) is 0 Å². The van der Waals surface area contributed by atoms with Gasteiger partial charge in [0.15, 0.2) is 0 Å². The van der Waals surface area contributed by atoms with Crippen LogP contribution in [-0.2, 0) is 14.8 Å². The number of amides is 1. The smallest absolute Gasteiger partial charge is 0.269 e. The third-order valence-electron chi connectivity index (χ3n) is 7.37. The summed E-state index contributed by atoms with van der Waals surface area (Å²) in [6.07, 6.45) is 3.36. The van der Waals surface area contributed by atoms with Crippen LogP contribution in [0.5, 0.6) is 0 Å². The second kappa shape index (κ2) is 11.1. The predicted octanol–water partition coefficient (Wildman–Crippen LogP) is 4.30. The number of sulfonamides is 1. The molecule has 1 atom stereocenters. The average molecular weight is 563 g/mol. The minimum Gasteiger partial charge on any atom is -0.343 e. The molecule has 1 amide bonds. The zero-order valence-corrected chi connectivity index (χ0v) is 23.0. The Bertz CT molecular complexity index is 1650. The maximum Gasteiger partial charge on any atom is 0.269 e. The fourth-order valence-corrected chi connectivity index (χ4v) is 6.45. The van der Waals surface area contributed by atoms with Crippen molar-refractivity contribution in [3.8, 4) is 0 Å². The van der Waals surface area contributed by atoms with Crippen LogP contribution in [0.15, 0.2) is 65.7 Å². The molecule has 2 N–H and O–H groups in total. The second-order valence-corrected chi connectivity index (χ2v) is 11.8. The highest BCUT2D eigenvalue weighted by Gasteiger charge is 2.30. The number of hydrogen-bond donors (Lipinski definition) is 2. The molecule has 5 rings (SSSR count). The van der Waals surface area contributed by atoms with Gasteiger partial charge in [-0.2, -0.15) is 0 Å². The van der Waals surface area contributed by atoms with E-state index in [2.05, 4.69) is 19.7 Å². The van der Waals surface area contributed by atoms with E-state index in [-0.39, 0.29) is 28.8 Å². The molecule has 1 aliphatic heterocycles. The lowest BCUT2D eigenvalue weighted by molar-refractivity contribution is -0.384. The molecule has 2 aromatic carbocycles. The summed E-state index contributed by atoms with van der Waals surface area (Å²) >= 11 is 0. The number of likely N-dealkylation sites (tertiary alicyclic amines) is 1. The molecule has 208 valence electrons. The van der Waals surface area contributed by atoms with Crippen molar-refractivity contribution in [2.75, 3.05) is 13.1 Å². The van der Waals surface area contributed by atoms with Crippen molar-refractivity contribution in [3.63, 3.8) is 0 Å². The molecule has 0 aliphatic carbocycles. The lowest BCUT2D eigenvalue weighted by atomic mass is 9.89. The van der Waals surface area contributed by atoms with Crippen LogP contribution in [-0.4, -0.2) is 52.2 Å². The van der Waals surface area contributed by atoms with E-state index >= 15 is 0 Å². The number of rotatable bonds is 8. The number of hydrogen-bond acceptors (Lipinski definition) is 7. The molecular formula is C28H30N6O5S. The minimum atomic E-state index is -4.05. The number of benzene rings is 2. The number of nitro groups is 1. The Morgan fingerprint density at radius 1 is 1.12 bits per heavy atom. The first-order valence-corrected chi connectivity index (χ1v) is 14.5. The number of imidazole rings is 1. The van der Waals surface area contributed by atoms with Gasteiger partial charge in [0.25, 0.3) is 5.69 Å². The van der Waals surface area contributed by atoms with Crippen molar-refractivity contribution in [1.82, 2.24) is 24.6 Å². The monoisotopic (exact) mass is 562 g/mol. The van der Waals surface area contributed by atoms with Crippen LogP contribution in [0, 0.1) is 24.0 Å². The number of carbonyl (C=O) groups is 1. The number of non-ortho nitro benzene ring substituents is 1. The number of nitrogens with zero attached hydrogens (tertiary/aromatic N) is 4. The number of aryl methyl sites for hydroxylation is 2. The van der Waals surface area contributed by atoms with E-state index in [0.717, 1.165) is 53.1 Å². The number of pyridine rings is 1. The summed E-state index contributed by atoms with van der Waals surface area (Å²) in [6.45, 7) is 4.95. The van der Waals surface area contributed by atoms with E-state index in [1.807, 2.05) is 26.1 Å². The predicted molar refractivity (Wildman–Crippen MR) is 149 cm³/mol. The number of aromatic nitrogens is 3. The molecule has 1 fully saturated rings. The van der Waals surface area contributed by atoms with Crippen molar-refractivity contribution in [1.29, 1.82) is 0 Å². The molecule has 1 unspecified atom stereocenters. The van der Waals surface area contributed by atoms with E-state index in [4.69, 9.17) is 0 Å². The first-order chi connectivity index (χ1) is 19.1. The summed E-state index contributed by atoms with van der Waals surface area (Å²) in [5.74, 6) is 0.913. The molecule has 4 aromatic rings. The molecule has 12 heteroatoms. The lowest BCUT2D eigenvalue weighted by Gasteiger charge is -2.33. The van der Waals surface area contributed by atoms with E-state index < -0.39 is 21.0 Å². The number of fused-ring (bicyclic) bond motifs is 1. The van der Waals surface area contributed by atoms with Gasteiger partial charge in [-0.3, -0.25) is 19.9 Å². The third-order valence-corrected chi connectivity index (χ3v) is 8.86. The van der Waals surface area contributed by atoms with Gasteiger partial charge in [0.1, 0.15) is 11.3 Å². The van der Waals surface area contributed by atoms with Crippen LogP contribution in [0.1, 0.15) is 53.9 Å². The minimum absolute atomic E-state index is 0.0586. The molecule has 0 bridgehead atoms. The fraction of sp³-hybridized carbons (Fsp3) is 0.321. The molecule has 0 saturated carbocycles. The zero-order valence-electron chi connectivity index (χ0n) is 22.2. The molecule has 2 aromatic heterocycles. The Kier molecular flexibility index (Phi) is 7.63. The Morgan fingerprint density at radius 2 is 1.80 bits per heavy atom. The Hall–Kier alpha value is -4.16. The average Bonchev–Trinajstić information content (AvgIpc) is 3.35. The molecule has 1 saturated heterocycles. The van der Waals surface area contributed by atoms with Gasteiger partial charge in [-0.05, 0) is 55.9 Å². The number of piperidine rings is 1.